The van der Waals surface area contributed by atoms with Crippen LogP contribution in [0, 0.1) is 17.7 Å². The van der Waals surface area contributed by atoms with Crippen LogP contribution in [0.4, 0.5) is 4.39 Å². The van der Waals surface area contributed by atoms with Gasteiger partial charge < -0.3 is 5.32 Å². The van der Waals surface area contributed by atoms with Crippen LogP contribution in [0.1, 0.15) is 45.6 Å². The Kier molecular flexibility index (Phi) is 5.09. The Labute approximate surface area is 126 Å². The van der Waals surface area contributed by atoms with E-state index in [1.54, 1.807) is 12.1 Å². The summed E-state index contributed by atoms with van der Waals surface area (Å²) >= 11 is 5.98. The second-order valence-electron chi connectivity index (χ2n) is 7.02. The Morgan fingerprint density at radius 1 is 1.25 bits per heavy atom. The summed E-state index contributed by atoms with van der Waals surface area (Å²) in [5.74, 6) is 1.09. The second kappa shape index (κ2) is 6.44. The number of benzene rings is 1. The van der Waals surface area contributed by atoms with Gasteiger partial charge in [-0.25, -0.2) is 4.39 Å². The zero-order chi connectivity index (χ0) is 14.8. The van der Waals surface area contributed by atoms with Crippen molar-refractivity contribution in [3.8, 4) is 0 Å². The Morgan fingerprint density at radius 3 is 2.65 bits per heavy atom. The van der Waals surface area contributed by atoms with E-state index < -0.39 is 0 Å². The van der Waals surface area contributed by atoms with Crippen LogP contribution >= 0.6 is 11.6 Å². The third-order valence-electron chi connectivity index (χ3n) is 4.20. The molecule has 2 atom stereocenters. The molecule has 1 aliphatic carbocycles. The van der Waals surface area contributed by atoms with E-state index in [1.165, 1.54) is 25.3 Å². The molecule has 0 aromatic heterocycles. The maximum Gasteiger partial charge on any atom is 0.126 e. The number of nitrogens with one attached hydrogen (secondary N) is 1. The maximum atomic E-state index is 13.9. The van der Waals surface area contributed by atoms with Gasteiger partial charge in [0.2, 0.25) is 0 Å². The van der Waals surface area contributed by atoms with E-state index in [2.05, 4.69) is 26.1 Å². The van der Waals surface area contributed by atoms with Gasteiger partial charge in [-0.15, -0.1) is 0 Å². The van der Waals surface area contributed by atoms with Crippen LogP contribution in [0.5, 0.6) is 0 Å². The second-order valence-corrected chi connectivity index (χ2v) is 7.46. The number of hydrogen-bond acceptors (Lipinski definition) is 1. The molecule has 3 heteroatoms. The summed E-state index contributed by atoms with van der Waals surface area (Å²) in [6.45, 7) is 7.59. The molecule has 1 aliphatic rings. The van der Waals surface area contributed by atoms with Gasteiger partial charge in [0.1, 0.15) is 5.82 Å². The van der Waals surface area contributed by atoms with Crippen LogP contribution in [0.2, 0.25) is 5.02 Å². The van der Waals surface area contributed by atoms with Crippen molar-refractivity contribution in [3.63, 3.8) is 0 Å². The predicted molar refractivity (Wildman–Crippen MR) is 83.7 cm³/mol. The molecule has 0 amide bonds. The van der Waals surface area contributed by atoms with Gasteiger partial charge in [-0.3, -0.25) is 0 Å². The first-order valence-corrected chi connectivity index (χ1v) is 7.92. The van der Waals surface area contributed by atoms with Gasteiger partial charge in [-0.1, -0.05) is 18.0 Å². The highest BCUT2D eigenvalue weighted by Gasteiger charge is 2.28. The maximum absolute atomic E-state index is 13.9. The van der Waals surface area contributed by atoms with Crippen molar-refractivity contribution in [2.75, 3.05) is 6.54 Å². The number of halogens is 2. The van der Waals surface area contributed by atoms with Crippen LogP contribution in [-0.4, -0.2) is 12.1 Å². The zero-order valence-electron chi connectivity index (χ0n) is 12.7. The fourth-order valence-electron chi connectivity index (χ4n) is 3.07. The summed E-state index contributed by atoms with van der Waals surface area (Å²) < 4.78 is 13.9. The van der Waals surface area contributed by atoms with Gasteiger partial charge in [0.25, 0.3) is 0 Å². The fourth-order valence-corrected chi connectivity index (χ4v) is 3.27. The standard InChI is InChI=1S/C17H25ClFN/c1-17(2,3)20-11-13-6-4-5-12(13)9-14-10-15(18)7-8-16(14)19/h7-8,10,12-13,20H,4-6,9,11H2,1-3H3. The molecule has 0 saturated heterocycles. The quantitative estimate of drug-likeness (QED) is 0.839. The van der Waals surface area contributed by atoms with Crippen molar-refractivity contribution in [1.29, 1.82) is 0 Å². The van der Waals surface area contributed by atoms with E-state index in [9.17, 15) is 4.39 Å². The van der Waals surface area contributed by atoms with E-state index >= 15 is 0 Å². The molecule has 2 rings (SSSR count). The molecule has 2 unspecified atom stereocenters. The molecular formula is C17H25ClFN. The van der Waals surface area contributed by atoms with E-state index in [0.29, 0.717) is 16.9 Å². The minimum absolute atomic E-state index is 0.121. The molecule has 112 valence electrons. The number of hydrogen-bond donors (Lipinski definition) is 1. The van der Waals surface area contributed by atoms with Gasteiger partial charge >= 0.3 is 0 Å². The minimum atomic E-state index is -0.121. The largest absolute Gasteiger partial charge is 0.312 e. The molecule has 1 aromatic rings. The van der Waals surface area contributed by atoms with Crippen molar-refractivity contribution in [3.05, 3.63) is 34.6 Å². The normalized spacial score (nSPS) is 23.2. The lowest BCUT2D eigenvalue weighted by molar-refractivity contribution is 0.315. The van der Waals surface area contributed by atoms with E-state index in [0.717, 1.165) is 18.5 Å². The topological polar surface area (TPSA) is 12.0 Å². The van der Waals surface area contributed by atoms with Crippen LogP contribution in [-0.2, 0) is 6.42 Å². The Balaban J connectivity index is 1.99. The highest BCUT2D eigenvalue weighted by molar-refractivity contribution is 6.30. The van der Waals surface area contributed by atoms with Crippen molar-refractivity contribution in [1.82, 2.24) is 5.32 Å². The summed E-state index contributed by atoms with van der Waals surface area (Å²) in [6, 6.07) is 4.88. The molecule has 1 fully saturated rings. The molecule has 0 radical (unpaired) electrons. The summed E-state index contributed by atoms with van der Waals surface area (Å²) in [6.07, 6.45) is 4.50. The van der Waals surface area contributed by atoms with Gasteiger partial charge in [0.15, 0.2) is 0 Å². The molecule has 1 N–H and O–H groups in total. The fraction of sp³-hybridized carbons (Fsp3) is 0.647. The molecule has 0 aliphatic heterocycles. The smallest absolute Gasteiger partial charge is 0.126 e. The predicted octanol–water partition coefficient (Wildman–Crippen LogP) is 4.83. The highest BCUT2D eigenvalue weighted by Crippen LogP contribution is 2.35. The molecule has 1 saturated carbocycles. The highest BCUT2D eigenvalue weighted by atomic mass is 35.5. The third kappa shape index (κ3) is 4.46. The summed E-state index contributed by atoms with van der Waals surface area (Å²) in [7, 11) is 0. The summed E-state index contributed by atoms with van der Waals surface area (Å²) in [5.41, 5.74) is 0.916. The van der Waals surface area contributed by atoms with Crippen LogP contribution in [0.15, 0.2) is 18.2 Å². The molecule has 0 spiro atoms. The van der Waals surface area contributed by atoms with Crippen molar-refractivity contribution >= 4 is 11.6 Å². The SMILES string of the molecule is CC(C)(C)NCC1CCCC1Cc1cc(Cl)ccc1F. The molecule has 20 heavy (non-hydrogen) atoms. The van der Waals surface area contributed by atoms with Crippen LogP contribution < -0.4 is 5.32 Å². The van der Waals surface area contributed by atoms with Crippen molar-refractivity contribution in [2.45, 2.75) is 52.0 Å². The zero-order valence-corrected chi connectivity index (χ0v) is 13.4. The van der Waals surface area contributed by atoms with E-state index in [-0.39, 0.29) is 11.4 Å². The monoisotopic (exact) mass is 297 g/mol. The summed E-state index contributed by atoms with van der Waals surface area (Å²) in [4.78, 5) is 0. The average Bonchev–Trinajstić information content (AvgIpc) is 2.78. The van der Waals surface area contributed by atoms with Crippen LogP contribution in [0.25, 0.3) is 0 Å². The lowest BCUT2D eigenvalue weighted by atomic mass is 9.89. The van der Waals surface area contributed by atoms with Gasteiger partial charge in [0.05, 0.1) is 0 Å². The summed E-state index contributed by atoms with van der Waals surface area (Å²) in [5, 5.41) is 4.21. The Hall–Kier alpha value is -0.600. The third-order valence-corrected chi connectivity index (χ3v) is 4.44. The Bertz CT molecular complexity index is 453. The van der Waals surface area contributed by atoms with Gasteiger partial charge in [0, 0.05) is 10.6 Å². The number of rotatable bonds is 4. The van der Waals surface area contributed by atoms with E-state index in [1.807, 2.05) is 0 Å². The average molecular weight is 298 g/mol. The molecular weight excluding hydrogens is 273 g/mol. The molecule has 1 nitrogen and oxygen atoms in total. The van der Waals surface area contributed by atoms with Crippen molar-refractivity contribution in [2.24, 2.45) is 11.8 Å². The molecule has 1 aromatic carbocycles. The first-order chi connectivity index (χ1) is 9.35. The first kappa shape index (κ1) is 15.8. The Morgan fingerprint density at radius 2 is 1.95 bits per heavy atom. The van der Waals surface area contributed by atoms with Crippen LogP contribution in [0.3, 0.4) is 0 Å². The molecule has 0 bridgehead atoms. The molecule has 0 heterocycles. The first-order valence-electron chi connectivity index (χ1n) is 7.54. The van der Waals surface area contributed by atoms with Crippen molar-refractivity contribution < 1.29 is 4.39 Å². The lowest BCUT2D eigenvalue weighted by Crippen LogP contribution is -2.40. The lowest BCUT2D eigenvalue weighted by Gasteiger charge is -2.26. The van der Waals surface area contributed by atoms with Gasteiger partial charge in [-0.05, 0) is 82.2 Å². The van der Waals surface area contributed by atoms with E-state index in [4.69, 9.17) is 11.6 Å². The van der Waals surface area contributed by atoms with Gasteiger partial charge in [-0.2, -0.15) is 0 Å². The minimum Gasteiger partial charge on any atom is -0.312 e.